The van der Waals surface area contributed by atoms with E-state index in [9.17, 15) is 4.39 Å². The third kappa shape index (κ3) is 6.20. The van der Waals surface area contributed by atoms with E-state index in [0.717, 1.165) is 31.2 Å². The number of rotatable bonds is 6. The number of nitrogens with one attached hydrogen (secondary N) is 2. The van der Waals surface area contributed by atoms with Crippen LogP contribution in [0.15, 0.2) is 23.2 Å². The van der Waals surface area contributed by atoms with Crippen molar-refractivity contribution < 1.29 is 4.39 Å². The molecule has 1 aromatic rings. The van der Waals surface area contributed by atoms with Gasteiger partial charge >= 0.3 is 0 Å². The molecule has 0 spiro atoms. The topological polar surface area (TPSA) is 39.7 Å². The number of likely N-dealkylation sites (N-methyl/N-ethyl adjacent to an activating group) is 1. The van der Waals surface area contributed by atoms with Crippen LogP contribution in [0.1, 0.15) is 37.8 Å². The molecule has 0 radical (unpaired) electrons. The Morgan fingerprint density at radius 3 is 2.79 bits per heavy atom. The number of halogens is 2. The number of benzene rings is 1. The van der Waals surface area contributed by atoms with E-state index >= 15 is 0 Å². The third-order valence-corrected chi connectivity index (χ3v) is 4.41. The van der Waals surface area contributed by atoms with Gasteiger partial charge < -0.3 is 10.6 Å². The van der Waals surface area contributed by atoms with Gasteiger partial charge in [0.2, 0.25) is 0 Å². The van der Waals surface area contributed by atoms with Crippen LogP contribution >= 0.6 is 24.0 Å². The Bertz CT molecular complexity index is 536. The summed E-state index contributed by atoms with van der Waals surface area (Å²) in [5, 5.41) is 6.69. The zero-order chi connectivity index (χ0) is 16.7. The second-order valence-electron chi connectivity index (χ2n) is 6.08. The molecule has 1 saturated heterocycles. The Kier molecular flexibility index (Phi) is 9.58. The lowest BCUT2D eigenvalue weighted by Gasteiger charge is -2.24. The molecule has 0 aromatic heterocycles. The molecule has 24 heavy (non-hydrogen) atoms. The molecule has 1 aliphatic heterocycles. The summed E-state index contributed by atoms with van der Waals surface area (Å²) in [6.07, 6.45) is 2.51. The van der Waals surface area contributed by atoms with Crippen LogP contribution in [-0.4, -0.2) is 43.1 Å². The van der Waals surface area contributed by atoms with E-state index in [2.05, 4.69) is 34.4 Å². The predicted molar refractivity (Wildman–Crippen MR) is 110 cm³/mol. The summed E-state index contributed by atoms with van der Waals surface area (Å²) in [7, 11) is 0. The zero-order valence-corrected chi connectivity index (χ0v) is 17.3. The molecule has 1 aromatic carbocycles. The van der Waals surface area contributed by atoms with Crippen molar-refractivity contribution in [2.75, 3.05) is 26.2 Å². The molecule has 0 bridgehead atoms. The first-order valence-corrected chi connectivity index (χ1v) is 8.65. The minimum absolute atomic E-state index is 0. The number of aliphatic imine (C=N–C) groups is 1. The monoisotopic (exact) mass is 448 g/mol. The van der Waals surface area contributed by atoms with Crippen molar-refractivity contribution in [3.8, 4) is 0 Å². The highest BCUT2D eigenvalue weighted by Gasteiger charge is 2.22. The van der Waals surface area contributed by atoms with E-state index in [-0.39, 0.29) is 29.8 Å². The number of hydrogen-bond donors (Lipinski definition) is 2. The molecule has 2 N–H and O–H groups in total. The molecule has 6 heteroatoms. The molecule has 136 valence electrons. The van der Waals surface area contributed by atoms with Crippen LogP contribution < -0.4 is 10.6 Å². The molecule has 1 heterocycles. The first-order valence-electron chi connectivity index (χ1n) is 8.65. The first-order chi connectivity index (χ1) is 11.1. The molecule has 0 saturated carbocycles. The van der Waals surface area contributed by atoms with Crippen LogP contribution in [0.3, 0.4) is 0 Å². The summed E-state index contributed by atoms with van der Waals surface area (Å²) in [5.74, 6) is 0.636. The fourth-order valence-electron chi connectivity index (χ4n) is 3.00. The van der Waals surface area contributed by atoms with Gasteiger partial charge in [-0.3, -0.25) is 4.90 Å². The van der Waals surface area contributed by atoms with E-state index in [1.54, 1.807) is 19.1 Å². The van der Waals surface area contributed by atoms with Gasteiger partial charge in [-0.25, -0.2) is 9.38 Å². The minimum atomic E-state index is -0.166. The summed E-state index contributed by atoms with van der Waals surface area (Å²) < 4.78 is 13.6. The van der Waals surface area contributed by atoms with Crippen LogP contribution in [0, 0.1) is 12.7 Å². The Morgan fingerprint density at radius 2 is 2.12 bits per heavy atom. The third-order valence-electron chi connectivity index (χ3n) is 4.41. The number of hydrogen-bond acceptors (Lipinski definition) is 2. The summed E-state index contributed by atoms with van der Waals surface area (Å²) >= 11 is 0. The van der Waals surface area contributed by atoms with E-state index in [1.807, 2.05) is 6.07 Å². The fraction of sp³-hybridized carbons (Fsp3) is 0.611. The summed E-state index contributed by atoms with van der Waals surface area (Å²) in [4.78, 5) is 7.08. The second kappa shape index (κ2) is 10.9. The number of aryl methyl sites for hydroxylation is 1. The van der Waals surface area contributed by atoms with Crippen LogP contribution in [0.4, 0.5) is 4.39 Å². The quantitative estimate of drug-likeness (QED) is 0.399. The number of likely N-dealkylation sites (tertiary alicyclic amines) is 1. The van der Waals surface area contributed by atoms with Gasteiger partial charge in [-0.15, -0.1) is 24.0 Å². The second-order valence-corrected chi connectivity index (χ2v) is 6.08. The Hall–Kier alpha value is -0.890. The summed E-state index contributed by atoms with van der Waals surface area (Å²) in [6.45, 7) is 10.5. The van der Waals surface area contributed by atoms with Crippen LogP contribution in [0.25, 0.3) is 0 Å². The van der Waals surface area contributed by atoms with Crippen molar-refractivity contribution in [1.82, 2.24) is 15.5 Å². The van der Waals surface area contributed by atoms with Crippen molar-refractivity contribution in [1.29, 1.82) is 0 Å². The van der Waals surface area contributed by atoms with E-state index in [0.29, 0.717) is 18.2 Å². The highest BCUT2D eigenvalue weighted by molar-refractivity contribution is 14.0. The van der Waals surface area contributed by atoms with Gasteiger partial charge in [-0.1, -0.05) is 19.1 Å². The zero-order valence-electron chi connectivity index (χ0n) is 14.9. The molecule has 1 unspecified atom stereocenters. The molecule has 0 aliphatic carbocycles. The Balaban J connectivity index is 0.00000288. The van der Waals surface area contributed by atoms with E-state index in [4.69, 9.17) is 0 Å². The molecule has 4 nitrogen and oxygen atoms in total. The van der Waals surface area contributed by atoms with E-state index < -0.39 is 0 Å². The maximum absolute atomic E-state index is 13.6. The van der Waals surface area contributed by atoms with Gasteiger partial charge in [0, 0.05) is 19.1 Å². The van der Waals surface area contributed by atoms with Gasteiger partial charge in [0.1, 0.15) is 5.82 Å². The van der Waals surface area contributed by atoms with Crippen molar-refractivity contribution in [2.24, 2.45) is 4.99 Å². The smallest absolute Gasteiger partial charge is 0.191 e. The standard InChI is InChI=1S/C18H29FN4.HI/c1-4-20-18(22-13-16-7-6-10-23(16)5-2)21-12-15-9-8-14(3)17(19)11-15;/h8-9,11,16H,4-7,10,12-13H2,1-3H3,(H2,20,21,22);1H. The van der Waals surface area contributed by atoms with Gasteiger partial charge in [0.25, 0.3) is 0 Å². The van der Waals surface area contributed by atoms with Gasteiger partial charge in [0.05, 0.1) is 6.54 Å². The average Bonchev–Trinajstić information content (AvgIpc) is 3.00. The number of nitrogens with zero attached hydrogens (tertiary/aromatic N) is 2. The molecule has 2 rings (SSSR count). The normalized spacial score (nSPS) is 18.3. The SMILES string of the molecule is CCNC(=NCc1ccc(C)c(F)c1)NCC1CCCN1CC.I. The van der Waals surface area contributed by atoms with Gasteiger partial charge in [-0.05, 0) is 57.0 Å². The Morgan fingerprint density at radius 1 is 1.33 bits per heavy atom. The van der Waals surface area contributed by atoms with Crippen molar-refractivity contribution in [3.05, 3.63) is 35.1 Å². The highest BCUT2D eigenvalue weighted by Crippen LogP contribution is 2.15. The lowest BCUT2D eigenvalue weighted by molar-refractivity contribution is 0.267. The first kappa shape index (κ1) is 21.2. The Labute approximate surface area is 162 Å². The van der Waals surface area contributed by atoms with Gasteiger partial charge in [0.15, 0.2) is 5.96 Å². The highest BCUT2D eigenvalue weighted by atomic mass is 127. The summed E-state index contributed by atoms with van der Waals surface area (Å²) in [6, 6.07) is 5.89. The summed E-state index contributed by atoms with van der Waals surface area (Å²) in [5.41, 5.74) is 1.56. The van der Waals surface area contributed by atoms with Crippen molar-refractivity contribution in [2.45, 2.75) is 46.2 Å². The van der Waals surface area contributed by atoms with Crippen LogP contribution in [0.5, 0.6) is 0 Å². The number of guanidine groups is 1. The maximum Gasteiger partial charge on any atom is 0.191 e. The van der Waals surface area contributed by atoms with Crippen molar-refractivity contribution in [3.63, 3.8) is 0 Å². The average molecular weight is 448 g/mol. The lowest BCUT2D eigenvalue weighted by atomic mass is 10.1. The van der Waals surface area contributed by atoms with Crippen molar-refractivity contribution >= 4 is 29.9 Å². The largest absolute Gasteiger partial charge is 0.357 e. The van der Waals surface area contributed by atoms with Gasteiger partial charge in [-0.2, -0.15) is 0 Å². The predicted octanol–water partition coefficient (Wildman–Crippen LogP) is 3.29. The van der Waals surface area contributed by atoms with Crippen LogP contribution in [0.2, 0.25) is 0 Å². The molecule has 1 fully saturated rings. The minimum Gasteiger partial charge on any atom is -0.357 e. The van der Waals surface area contributed by atoms with Crippen LogP contribution in [-0.2, 0) is 6.54 Å². The molecule has 0 amide bonds. The molecular weight excluding hydrogens is 418 g/mol. The maximum atomic E-state index is 13.6. The van der Waals surface area contributed by atoms with E-state index in [1.165, 1.54) is 19.4 Å². The lowest BCUT2D eigenvalue weighted by Crippen LogP contribution is -2.44. The molecular formula is C18H30FIN4. The molecule has 1 atom stereocenters. The molecule has 1 aliphatic rings. The fourth-order valence-corrected chi connectivity index (χ4v) is 3.00.